The van der Waals surface area contributed by atoms with E-state index in [1.54, 1.807) is 24.3 Å². The summed E-state index contributed by atoms with van der Waals surface area (Å²) >= 11 is 0. The first-order chi connectivity index (χ1) is 17.3. The number of carboxylic acids is 1. The number of benzene rings is 2. The van der Waals surface area contributed by atoms with Crippen LogP contribution in [0.25, 0.3) is 0 Å². The Labute approximate surface area is 215 Å². The fraction of sp³-hybridized carbons (Fsp3) is 0.536. The van der Waals surface area contributed by atoms with Crippen molar-refractivity contribution in [1.29, 1.82) is 0 Å². The zero-order valence-corrected chi connectivity index (χ0v) is 22.1. The maximum atomic E-state index is 12.6. The number of hydrogen-bond acceptors (Lipinski definition) is 6. The Kier molecular flexibility index (Phi) is 13.2. The average Bonchev–Trinajstić information content (AvgIpc) is 2.86. The number of ether oxygens (including phenoxy) is 2. The van der Waals surface area contributed by atoms with E-state index in [1.807, 2.05) is 0 Å². The number of sulfone groups is 1. The van der Waals surface area contributed by atoms with Gasteiger partial charge in [-0.3, -0.25) is 0 Å². The van der Waals surface area contributed by atoms with Gasteiger partial charge in [-0.1, -0.05) is 64.7 Å². The lowest BCUT2D eigenvalue weighted by Gasteiger charge is -2.10. The van der Waals surface area contributed by atoms with Gasteiger partial charge < -0.3 is 19.7 Å². The monoisotopic (exact) mass is 520 g/mol. The largest absolute Gasteiger partial charge is 0.507 e. The Morgan fingerprint density at radius 3 is 1.89 bits per heavy atom. The number of aromatic hydroxyl groups is 1. The molecule has 0 saturated heterocycles. The summed E-state index contributed by atoms with van der Waals surface area (Å²) in [6, 6.07) is 10.4. The number of carbonyl (C=O) groups is 1. The number of phenols is 1. The molecule has 0 heterocycles. The van der Waals surface area contributed by atoms with E-state index in [4.69, 9.17) is 14.6 Å². The molecule has 0 saturated carbocycles. The van der Waals surface area contributed by atoms with Gasteiger partial charge in [0, 0.05) is 0 Å². The van der Waals surface area contributed by atoms with E-state index in [0.717, 1.165) is 12.8 Å². The maximum absolute atomic E-state index is 12.6. The average molecular weight is 521 g/mol. The molecule has 0 aliphatic heterocycles. The minimum atomic E-state index is -3.48. The second-order valence-corrected chi connectivity index (χ2v) is 11.1. The van der Waals surface area contributed by atoms with E-state index < -0.39 is 15.8 Å². The van der Waals surface area contributed by atoms with E-state index in [0.29, 0.717) is 12.4 Å². The zero-order chi connectivity index (χ0) is 26.2. The molecule has 0 atom stereocenters. The molecule has 2 rings (SSSR count). The van der Waals surface area contributed by atoms with Gasteiger partial charge >= 0.3 is 5.97 Å². The van der Waals surface area contributed by atoms with Crippen molar-refractivity contribution in [2.24, 2.45) is 0 Å². The molecule has 0 radical (unpaired) electrons. The molecule has 2 aromatic rings. The van der Waals surface area contributed by atoms with Crippen molar-refractivity contribution < 1.29 is 32.9 Å². The predicted octanol–water partition coefficient (Wildman–Crippen LogP) is 6.63. The molecule has 0 aliphatic rings. The molecule has 0 aromatic heterocycles. The van der Waals surface area contributed by atoms with Gasteiger partial charge in [-0.25, -0.2) is 13.2 Å². The molecule has 8 heteroatoms. The second-order valence-electron chi connectivity index (χ2n) is 9.01. The Hall–Kier alpha value is -2.74. The van der Waals surface area contributed by atoms with Gasteiger partial charge in [0.2, 0.25) is 0 Å². The first-order valence-electron chi connectivity index (χ1n) is 13.0. The molecule has 7 nitrogen and oxygen atoms in total. The Bertz CT molecular complexity index is 1020. The molecular formula is C28H40O7S. The Balaban J connectivity index is 1.63. The van der Waals surface area contributed by atoms with Crippen LogP contribution in [-0.2, 0) is 9.84 Å². The van der Waals surface area contributed by atoms with Crippen molar-refractivity contribution in [3.05, 3.63) is 48.0 Å². The van der Waals surface area contributed by atoms with Crippen LogP contribution in [0, 0.1) is 0 Å². The summed E-state index contributed by atoms with van der Waals surface area (Å²) in [5.41, 5.74) is -0.268. The highest BCUT2D eigenvalue weighted by Crippen LogP contribution is 2.23. The smallest absolute Gasteiger partial charge is 0.339 e. The van der Waals surface area contributed by atoms with Crippen LogP contribution < -0.4 is 9.47 Å². The second kappa shape index (κ2) is 16.1. The van der Waals surface area contributed by atoms with Crippen LogP contribution in [0.2, 0.25) is 0 Å². The molecule has 0 fully saturated rings. The molecule has 2 N–H and O–H groups in total. The molecule has 0 spiro atoms. The van der Waals surface area contributed by atoms with E-state index in [-0.39, 0.29) is 40.7 Å². The lowest BCUT2D eigenvalue weighted by atomic mass is 10.1. The molecular weight excluding hydrogens is 480 g/mol. The first-order valence-corrected chi connectivity index (χ1v) is 14.6. The molecule has 0 bridgehead atoms. The minimum absolute atomic E-state index is 0.100. The number of aromatic carboxylic acids is 1. The van der Waals surface area contributed by atoms with Crippen molar-refractivity contribution in [3.8, 4) is 17.2 Å². The van der Waals surface area contributed by atoms with Crippen LogP contribution in [0.4, 0.5) is 0 Å². The third-order valence-electron chi connectivity index (χ3n) is 5.97. The van der Waals surface area contributed by atoms with E-state index in [9.17, 15) is 18.3 Å². The highest BCUT2D eigenvalue weighted by atomic mass is 32.2. The molecule has 0 amide bonds. The first kappa shape index (κ1) is 29.5. The number of rotatable bonds is 19. The standard InChI is InChI=1S/C28H40O7S/c1-2-3-4-5-6-7-8-9-10-11-19-34-23-13-16-25(17-14-23)36(32,33)21-12-20-35-24-15-18-27(29)26(22-24)28(30)31/h13-18,22,29H,2-12,19-21H2,1H3,(H,30,31). The fourth-order valence-electron chi connectivity index (χ4n) is 3.86. The highest BCUT2D eigenvalue weighted by molar-refractivity contribution is 7.91. The van der Waals surface area contributed by atoms with Crippen molar-refractivity contribution in [2.75, 3.05) is 19.0 Å². The molecule has 36 heavy (non-hydrogen) atoms. The quantitative estimate of drug-likeness (QED) is 0.200. The fourth-order valence-corrected chi connectivity index (χ4v) is 5.14. The lowest BCUT2D eigenvalue weighted by molar-refractivity contribution is 0.0693. The molecule has 2 aromatic carbocycles. The lowest BCUT2D eigenvalue weighted by Crippen LogP contribution is -2.11. The van der Waals surface area contributed by atoms with Gasteiger partial charge in [0.15, 0.2) is 9.84 Å². The predicted molar refractivity (Wildman–Crippen MR) is 141 cm³/mol. The highest BCUT2D eigenvalue weighted by Gasteiger charge is 2.15. The van der Waals surface area contributed by atoms with Crippen LogP contribution in [0.1, 0.15) is 87.9 Å². The van der Waals surface area contributed by atoms with Gasteiger partial charge in [0.1, 0.15) is 22.8 Å². The molecule has 200 valence electrons. The van der Waals surface area contributed by atoms with E-state index in [1.165, 1.54) is 69.6 Å². The van der Waals surface area contributed by atoms with Gasteiger partial charge in [-0.2, -0.15) is 0 Å². The van der Waals surface area contributed by atoms with Crippen LogP contribution >= 0.6 is 0 Å². The molecule has 0 aliphatic carbocycles. The SMILES string of the molecule is CCCCCCCCCCCCOc1ccc(S(=O)(=O)CCCOc2ccc(O)c(C(=O)O)c2)cc1. The topological polar surface area (TPSA) is 110 Å². The third kappa shape index (κ3) is 10.9. The van der Waals surface area contributed by atoms with Gasteiger partial charge in [0.05, 0.1) is 23.9 Å². The Morgan fingerprint density at radius 1 is 0.750 bits per heavy atom. The molecule has 0 unspecified atom stereocenters. The minimum Gasteiger partial charge on any atom is -0.507 e. The number of carboxylic acid groups (broad SMARTS) is 1. The van der Waals surface area contributed by atoms with Crippen molar-refractivity contribution in [2.45, 2.75) is 82.4 Å². The van der Waals surface area contributed by atoms with Crippen LogP contribution in [0.15, 0.2) is 47.4 Å². The van der Waals surface area contributed by atoms with E-state index in [2.05, 4.69) is 6.92 Å². The van der Waals surface area contributed by atoms with Gasteiger partial charge in [-0.05, 0) is 55.3 Å². The van der Waals surface area contributed by atoms with Crippen molar-refractivity contribution in [1.82, 2.24) is 0 Å². The van der Waals surface area contributed by atoms with Crippen molar-refractivity contribution >= 4 is 15.8 Å². The van der Waals surface area contributed by atoms with Crippen LogP contribution in [-0.4, -0.2) is 43.6 Å². The van der Waals surface area contributed by atoms with Gasteiger partial charge in [-0.15, -0.1) is 0 Å². The van der Waals surface area contributed by atoms with Crippen LogP contribution in [0.5, 0.6) is 17.2 Å². The summed E-state index contributed by atoms with van der Waals surface area (Å²) in [6.07, 6.45) is 12.9. The van der Waals surface area contributed by atoms with E-state index >= 15 is 0 Å². The Morgan fingerprint density at radius 2 is 1.28 bits per heavy atom. The summed E-state index contributed by atoms with van der Waals surface area (Å²) < 4.78 is 36.4. The summed E-state index contributed by atoms with van der Waals surface area (Å²) in [5.74, 6) is -0.804. The van der Waals surface area contributed by atoms with Crippen LogP contribution in [0.3, 0.4) is 0 Å². The summed E-state index contributed by atoms with van der Waals surface area (Å²) in [7, 11) is -3.48. The summed E-state index contributed by atoms with van der Waals surface area (Å²) in [5, 5.41) is 18.6. The summed E-state index contributed by atoms with van der Waals surface area (Å²) in [4.78, 5) is 11.3. The maximum Gasteiger partial charge on any atom is 0.339 e. The number of hydrogen-bond donors (Lipinski definition) is 2. The van der Waals surface area contributed by atoms with Gasteiger partial charge in [0.25, 0.3) is 0 Å². The zero-order valence-electron chi connectivity index (χ0n) is 21.3. The normalized spacial score (nSPS) is 11.4. The van der Waals surface area contributed by atoms with Crippen molar-refractivity contribution in [3.63, 3.8) is 0 Å². The third-order valence-corrected chi connectivity index (χ3v) is 7.79. The summed E-state index contributed by atoms with van der Waals surface area (Å²) in [6.45, 7) is 2.96. The number of unbranched alkanes of at least 4 members (excludes halogenated alkanes) is 9.